The van der Waals surface area contributed by atoms with Crippen LogP contribution in [0.1, 0.15) is 24.4 Å². The summed E-state index contributed by atoms with van der Waals surface area (Å²) in [7, 11) is 0. The van der Waals surface area contributed by atoms with E-state index in [9.17, 15) is 4.79 Å². The highest BCUT2D eigenvalue weighted by molar-refractivity contribution is 9.10. The molecule has 114 valence electrons. The average molecular weight is 382 g/mol. The maximum Gasteiger partial charge on any atom is 0.158 e. The molecule has 22 heavy (non-hydrogen) atoms. The van der Waals surface area contributed by atoms with E-state index in [0.717, 1.165) is 17.3 Å². The van der Waals surface area contributed by atoms with Gasteiger partial charge >= 0.3 is 0 Å². The van der Waals surface area contributed by atoms with Gasteiger partial charge in [-0.25, -0.2) is 0 Å². The molecule has 2 aromatic rings. The third kappa shape index (κ3) is 4.02. The van der Waals surface area contributed by atoms with Gasteiger partial charge in [0.25, 0.3) is 0 Å². The predicted octanol–water partition coefficient (Wildman–Crippen LogP) is 5.27. The molecule has 5 heteroatoms. The van der Waals surface area contributed by atoms with Crippen molar-refractivity contribution in [1.82, 2.24) is 0 Å². The molecule has 1 aliphatic carbocycles. The van der Waals surface area contributed by atoms with Crippen LogP contribution in [0, 0.1) is 5.92 Å². The summed E-state index contributed by atoms with van der Waals surface area (Å²) in [5.41, 5.74) is 0. The SMILES string of the molecule is O=C(/C=C/c1ccc(COc2ccc(Br)cc2Cl)o1)C1CC1. The van der Waals surface area contributed by atoms with Crippen LogP contribution in [0.3, 0.4) is 0 Å². The molecular weight excluding hydrogens is 368 g/mol. The van der Waals surface area contributed by atoms with Crippen LogP contribution in [-0.2, 0) is 11.4 Å². The topological polar surface area (TPSA) is 39.4 Å². The van der Waals surface area contributed by atoms with E-state index in [2.05, 4.69) is 15.9 Å². The Labute approximate surface area is 142 Å². The molecule has 0 aliphatic heterocycles. The number of carbonyl (C=O) groups is 1. The first-order chi connectivity index (χ1) is 10.6. The number of hydrogen-bond donors (Lipinski definition) is 0. The Balaban J connectivity index is 1.58. The summed E-state index contributed by atoms with van der Waals surface area (Å²) in [5.74, 6) is 2.33. The minimum atomic E-state index is 0.177. The fourth-order valence-electron chi connectivity index (χ4n) is 1.97. The van der Waals surface area contributed by atoms with Gasteiger partial charge in [0.1, 0.15) is 23.9 Å². The summed E-state index contributed by atoms with van der Waals surface area (Å²) in [5, 5.41) is 0.538. The van der Waals surface area contributed by atoms with Gasteiger partial charge in [0, 0.05) is 10.4 Å². The molecule has 0 unspecified atom stereocenters. The lowest BCUT2D eigenvalue weighted by Crippen LogP contribution is -1.94. The molecule has 1 saturated carbocycles. The first-order valence-corrected chi connectivity index (χ1v) is 8.17. The third-order valence-electron chi connectivity index (χ3n) is 3.34. The third-order valence-corrected chi connectivity index (χ3v) is 4.13. The Morgan fingerprint density at radius 1 is 1.36 bits per heavy atom. The van der Waals surface area contributed by atoms with Gasteiger partial charge in [-0.3, -0.25) is 4.79 Å². The van der Waals surface area contributed by atoms with Gasteiger partial charge < -0.3 is 9.15 Å². The standard InChI is InChI=1S/C17H14BrClO3/c18-12-3-8-17(15(19)9-12)21-10-14-5-4-13(22-14)6-7-16(20)11-1-2-11/h3-9,11H,1-2,10H2/b7-6+. The van der Waals surface area contributed by atoms with E-state index in [1.54, 1.807) is 24.3 Å². The predicted molar refractivity (Wildman–Crippen MR) is 89.0 cm³/mol. The number of halogens is 2. The molecule has 0 spiro atoms. The lowest BCUT2D eigenvalue weighted by molar-refractivity contribution is -0.115. The number of ether oxygens (including phenoxy) is 1. The second-order valence-electron chi connectivity index (χ2n) is 5.18. The minimum Gasteiger partial charge on any atom is -0.484 e. The normalized spacial score (nSPS) is 14.5. The van der Waals surface area contributed by atoms with E-state index in [1.807, 2.05) is 18.2 Å². The van der Waals surface area contributed by atoms with Crippen molar-refractivity contribution < 1.29 is 13.9 Å². The van der Waals surface area contributed by atoms with Gasteiger partial charge in [0.05, 0.1) is 5.02 Å². The van der Waals surface area contributed by atoms with Crippen molar-refractivity contribution in [2.24, 2.45) is 5.92 Å². The molecule has 1 heterocycles. The van der Waals surface area contributed by atoms with Crippen LogP contribution >= 0.6 is 27.5 Å². The second kappa shape index (κ2) is 6.71. The summed E-state index contributed by atoms with van der Waals surface area (Å²) < 4.78 is 12.1. The molecule has 0 saturated heterocycles. The van der Waals surface area contributed by atoms with E-state index >= 15 is 0 Å². The van der Waals surface area contributed by atoms with Crippen molar-refractivity contribution in [2.75, 3.05) is 0 Å². The highest BCUT2D eigenvalue weighted by Crippen LogP contribution is 2.30. The summed E-state index contributed by atoms with van der Waals surface area (Å²) >= 11 is 9.43. The fourth-order valence-corrected chi connectivity index (χ4v) is 2.70. The molecule has 0 radical (unpaired) electrons. The van der Waals surface area contributed by atoms with Crippen LogP contribution in [-0.4, -0.2) is 5.78 Å². The number of benzene rings is 1. The number of allylic oxidation sites excluding steroid dienone is 1. The van der Waals surface area contributed by atoms with Crippen molar-refractivity contribution >= 4 is 39.4 Å². The lowest BCUT2D eigenvalue weighted by Gasteiger charge is -2.06. The minimum absolute atomic E-state index is 0.177. The fraction of sp³-hybridized carbons (Fsp3) is 0.235. The molecular formula is C17H14BrClO3. The van der Waals surface area contributed by atoms with Gasteiger partial charge in [0.2, 0.25) is 0 Å². The Bertz CT molecular complexity index is 716. The quantitative estimate of drug-likeness (QED) is 0.640. The van der Waals surface area contributed by atoms with Crippen LogP contribution < -0.4 is 4.74 Å². The zero-order valence-electron chi connectivity index (χ0n) is 11.7. The van der Waals surface area contributed by atoms with E-state index < -0.39 is 0 Å². The highest BCUT2D eigenvalue weighted by atomic mass is 79.9. The lowest BCUT2D eigenvalue weighted by atomic mass is 10.2. The molecule has 1 aromatic carbocycles. The van der Waals surface area contributed by atoms with E-state index in [4.69, 9.17) is 20.8 Å². The van der Waals surface area contributed by atoms with Gasteiger partial charge in [-0.15, -0.1) is 0 Å². The first-order valence-electron chi connectivity index (χ1n) is 7.00. The van der Waals surface area contributed by atoms with Crippen molar-refractivity contribution in [1.29, 1.82) is 0 Å². The van der Waals surface area contributed by atoms with Gasteiger partial charge in [-0.05, 0) is 55.3 Å². The highest BCUT2D eigenvalue weighted by Gasteiger charge is 2.27. The molecule has 0 atom stereocenters. The average Bonchev–Trinajstić information content (AvgIpc) is 3.24. The summed E-state index contributed by atoms with van der Waals surface area (Å²) in [6.07, 6.45) is 5.31. The van der Waals surface area contributed by atoms with Crippen LogP contribution in [0.2, 0.25) is 5.02 Å². The van der Waals surface area contributed by atoms with Crippen molar-refractivity contribution in [3.63, 3.8) is 0 Å². The van der Waals surface area contributed by atoms with E-state index in [-0.39, 0.29) is 18.3 Å². The molecule has 3 rings (SSSR count). The summed E-state index contributed by atoms with van der Waals surface area (Å²) in [6.45, 7) is 0.283. The number of ketones is 1. The van der Waals surface area contributed by atoms with Crippen LogP contribution in [0.5, 0.6) is 5.75 Å². The number of furan rings is 1. The largest absolute Gasteiger partial charge is 0.484 e. The van der Waals surface area contributed by atoms with Crippen LogP contribution in [0.25, 0.3) is 6.08 Å². The van der Waals surface area contributed by atoms with Gasteiger partial charge in [0.15, 0.2) is 5.78 Å². The summed E-state index contributed by atoms with van der Waals surface area (Å²) in [6, 6.07) is 9.08. The van der Waals surface area contributed by atoms with Crippen LogP contribution in [0.15, 0.2) is 45.3 Å². The summed E-state index contributed by atoms with van der Waals surface area (Å²) in [4.78, 5) is 11.6. The Morgan fingerprint density at radius 3 is 2.91 bits per heavy atom. The molecule has 0 bridgehead atoms. The molecule has 3 nitrogen and oxygen atoms in total. The zero-order chi connectivity index (χ0) is 15.5. The molecule has 0 N–H and O–H groups in total. The molecule has 1 fully saturated rings. The molecule has 0 amide bonds. The zero-order valence-corrected chi connectivity index (χ0v) is 14.1. The van der Waals surface area contributed by atoms with Crippen LogP contribution in [0.4, 0.5) is 0 Å². The van der Waals surface area contributed by atoms with Crippen molar-refractivity contribution in [2.45, 2.75) is 19.4 Å². The maximum absolute atomic E-state index is 11.6. The number of carbonyl (C=O) groups excluding carboxylic acids is 1. The van der Waals surface area contributed by atoms with E-state index in [0.29, 0.717) is 22.3 Å². The Morgan fingerprint density at radius 2 is 2.18 bits per heavy atom. The molecule has 1 aliphatic rings. The van der Waals surface area contributed by atoms with Gasteiger partial charge in [-0.1, -0.05) is 27.5 Å². The Kier molecular flexibility index (Phi) is 4.69. The monoisotopic (exact) mass is 380 g/mol. The van der Waals surface area contributed by atoms with Crippen molar-refractivity contribution in [3.8, 4) is 5.75 Å². The maximum atomic E-state index is 11.6. The molecule has 1 aromatic heterocycles. The first kappa shape index (κ1) is 15.4. The number of hydrogen-bond acceptors (Lipinski definition) is 3. The Hall–Kier alpha value is -1.52. The second-order valence-corrected chi connectivity index (χ2v) is 6.50. The smallest absolute Gasteiger partial charge is 0.158 e. The van der Waals surface area contributed by atoms with Gasteiger partial charge in [-0.2, -0.15) is 0 Å². The van der Waals surface area contributed by atoms with Crippen molar-refractivity contribution in [3.05, 3.63) is 57.4 Å². The number of rotatable bonds is 6. The van der Waals surface area contributed by atoms with E-state index in [1.165, 1.54) is 0 Å².